The van der Waals surface area contributed by atoms with Gasteiger partial charge in [-0.1, -0.05) is 11.1 Å². The zero-order chi connectivity index (χ0) is 17.9. The average Bonchev–Trinajstić information content (AvgIpc) is 2.56. The highest BCUT2D eigenvalue weighted by Crippen LogP contribution is 2.36. The second kappa shape index (κ2) is 7.38. The van der Waals surface area contributed by atoms with Crippen molar-refractivity contribution in [2.75, 3.05) is 19.5 Å². The van der Waals surface area contributed by atoms with Gasteiger partial charge in [0.05, 0.1) is 31.7 Å². The zero-order valence-corrected chi connectivity index (χ0v) is 14.4. The maximum atomic E-state index is 12.7. The number of rotatable bonds is 5. The molecule has 24 heavy (non-hydrogen) atoms. The van der Waals surface area contributed by atoms with Crippen LogP contribution in [-0.2, 0) is 9.59 Å². The molecular formula is C18H23NO5. The van der Waals surface area contributed by atoms with Crippen molar-refractivity contribution in [1.29, 1.82) is 0 Å². The van der Waals surface area contributed by atoms with Gasteiger partial charge in [-0.2, -0.15) is 0 Å². The van der Waals surface area contributed by atoms with Crippen LogP contribution in [0.5, 0.6) is 11.5 Å². The molecule has 0 spiro atoms. The lowest BCUT2D eigenvalue weighted by Crippen LogP contribution is -2.36. The molecule has 0 aromatic heterocycles. The number of allylic oxidation sites excluding steroid dienone is 2. The summed E-state index contributed by atoms with van der Waals surface area (Å²) < 4.78 is 10.4. The Bertz CT molecular complexity index is 680. The van der Waals surface area contributed by atoms with Gasteiger partial charge in [0, 0.05) is 6.07 Å². The highest BCUT2D eigenvalue weighted by atomic mass is 16.5. The molecule has 0 bridgehead atoms. The SMILES string of the molecule is COc1ccc(NC(=O)C2CC(C)=C(C)CC2C(=O)O)c(OC)c1. The van der Waals surface area contributed by atoms with Crippen molar-refractivity contribution in [3.63, 3.8) is 0 Å². The van der Waals surface area contributed by atoms with E-state index in [1.165, 1.54) is 7.11 Å². The van der Waals surface area contributed by atoms with Crippen LogP contribution in [0.15, 0.2) is 29.3 Å². The number of methoxy groups -OCH3 is 2. The number of carbonyl (C=O) groups excluding carboxylic acids is 1. The molecule has 0 aliphatic heterocycles. The third-order valence-corrected chi connectivity index (χ3v) is 4.59. The van der Waals surface area contributed by atoms with E-state index in [4.69, 9.17) is 9.47 Å². The highest BCUT2D eigenvalue weighted by molar-refractivity contribution is 5.96. The largest absolute Gasteiger partial charge is 0.497 e. The Hall–Kier alpha value is -2.50. The summed E-state index contributed by atoms with van der Waals surface area (Å²) >= 11 is 0. The van der Waals surface area contributed by atoms with Crippen LogP contribution < -0.4 is 14.8 Å². The fraction of sp³-hybridized carbons (Fsp3) is 0.444. The molecule has 1 aliphatic rings. The standard InChI is InChI=1S/C18H23NO5/c1-10-7-13(14(18(21)22)8-11(10)2)17(20)19-15-6-5-12(23-3)9-16(15)24-4/h5-6,9,13-14H,7-8H2,1-4H3,(H,19,20)(H,21,22). The predicted octanol–water partition coefficient (Wildman–Crippen LogP) is 3.09. The van der Waals surface area contributed by atoms with E-state index in [1.54, 1.807) is 25.3 Å². The number of anilines is 1. The summed E-state index contributed by atoms with van der Waals surface area (Å²) in [7, 11) is 3.05. The van der Waals surface area contributed by atoms with Gasteiger partial charge in [0.2, 0.25) is 5.91 Å². The first-order valence-corrected chi connectivity index (χ1v) is 7.78. The molecule has 1 aromatic rings. The number of amides is 1. The third kappa shape index (κ3) is 3.69. The van der Waals surface area contributed by atoms with Gasteiger partial charge in [-0.15, -0.1) is 0 Å². The van der Waals surface area contributed by atoms with E-state index in [2.05, 4.69) is 5.32 Å². The van der Waals surface area contributed by atoms with E-state index in [0.29, 0.717) is 30.0 Å². The lowest BCUT2D eigenvalue weighted by molar-refractivity contribution is -0.146. The number of carbonyl (C=O) groups is 2. The van der Waals surface area contributed by atoms with Crippen molar-refractivity contribution in [3.8, 4) is 11.5 Å². The van der Waals surface area contributed by atoms with Crippen LogP contribution in [0.1, 0.15) is 26.7 Å². The summed E-state index contributed by atoms with van der Waals surface area (Å²) in [5.41, 5.74) is 2.62. The molecule has 6 nitrogen and oxygen atoms in total. The van der Waals surface area contributed by atoms with Crippen molar-refractivity contribution in [3.05, 3.63) is 29.3 Å². The number of hydrogen-bond donors (Lipinski definition) is 2. The van der Waals surface area contributed by atoms with Crippen LogP contribution in [0, 0.1) is 11.8 Å². The number of ether oxygens (including phenoxy) is 2. The Balaban J connectivity index is 2.24. The molecule has 1 aliphatic carbocycles. The summed E-state index contributed by atoms with van der Waals surface area (Å²) in [6, 6.07) is 5.06. The van der Waals surface area contributed by atoms with Crippen LogP contribution in [-0.4, -0.2) is 31.2 Å². The number of carboxylic acid groups (broad SMARTS) is 1. The van der Waals surface area contributed by atoms with Crippen LogP contribution in [0.3, 0.4) is 0 Å². The van der Waals surface area contributed by atoms with Gasteiger partial charge in [0.1, 0.15) is 11.5 Å². The van der Waals surface area contributed by atoms with E-state index in [-0.39, 0.29) is 5.91 Å². The summed E-state index contributed by atoms with van der Waals surface area (Å²) in [5, 5.41) is 12.3. The van der Waals surface area contributed by atoms with Crippen molar-refractivity contribution in [1.82, 2.24) is 0 Å². The molecule has 6 heteroatoms. The number of benzene rings is 1. The van der Waals surface area contributed by atoms with Crippen molar-refractivity contribution in [2.24, 2.45) is 11.8 Å². The topological polar surface area (TPSA) is 84.9 Å². The Kier molecular flexibility index (Phi) is 5.49. The highest BCUT2D eigenvalue weighted by Gasteiger charge is 2.37. The summed E-state index contributed by atoms with van der Waals surface area (Å²) in [6.07, 6.45) is 0.853. The van der Waals surface area contributed by atoms with Gasteiger partial charge in [-0.3, -0.25) is 9.59 Å². The number of carboxylic acids is 1. The van der Waals surface area contributed by atoms with Crippen molar-refractivity contribution >= 4 is 17.6 Å². The molecule has 2 rings (SSSR count). The van der Waals surface area contributed by atoms with Crippen LogP contribution in [0.25, 0.3) is 0 Å². The van der Waals surface area contributed by atoms with E-state index in [0.717, 1.165) is 11.1 Å². The fourth-order valence-corrected chi connectivity index (χ4v) is 2.95. The van der Waals surface area contributed by atoms with Crippen molar-refractivity contribution in [2.45, 2.75) is 26.7 Å². The Labute approximate surface area is 141 Å². The van der Waals surface area contributed by atoms with Crippen LogP contribution in [0.4, 0.5) is 5.69 Å². The Morgan fingerprint density at radius 2 is 1.71 bits per heavy atom. The van der Waals surface area contributed by atoms with Crippen LogP contribution >= 0.6 is 0 Å². The van der Waals surface area contributed by atoms with Gasteiger partial charge >= 0.3 is 5.97 Å². The van der Waals surface area contributed by atoms with Gasteiger partial charge in [-0.25, -0.2) is 0 Å². The van der Waals surface area contributed by atoms with E-state index >= 15 is 0 Å². The first kappa shape index (κ1) is 17.8. The van der Waals surface area contributed by atoms with E-state index in [9.17, 15) is 14.7 Å². The minimum Gasteiger partial charge on any atom is -0.497 e. The lowest BCUT2D eigenvalue weighted by Gasteiger charge is -2.29. The van der Waals surface area contributed by atoms with Gasteiger partial charge in [-0.05, 0) is 38.8 Å². The minimum atomic E-state index is -0.941. The second-order valence-electron chi connectivity index (χ2n) is 6.08. The third-order valence-electron chi connectivity index (χ3n) is 4.59. The molecule has 1 amide bonds. The molecule has 2 atom stereocenters. The molecule has 0 heterocycles. The summed E-state index contributed by atoms with van der Waals surface area (Å²) in [6.45, 7) is 3.87. The Morgan fingerprint density at radius 3 is 2.25 bits per heavy atom. The quantitative estimate of drug-likeness (QED) is 0.809. The molecule has 0 radical (unpaired) electrons. The molecule has 0 fully saturated rings. The Morgan fingerprint density at radius 1 is 1.08 bits per heavy atom. The fourth-order valence-electron chi connectivity index (χ4n) is 2.95. The maximum Gasteiger partial charge on any atom is 0.307 e. The molecule has 2 N–H and O–H groups in total. The van der Waals surface area contributed by atoms with Gasteiger partial charge in [0.25, 0.3) is 0 Å². The first-order chi connectivity index (χ1) is 11.4. The molecule has 0 saturated heterocycles. The zero-order valence-electron chi connectivity index (χ0n) is 14.4. The molecular weight excluding hydrogens is 310 g/mol. The van der Waals surface area contributed by atoms with E-state index in [1.807, 2.05) is 13.8 Å². The normalized spacial score (nSPS) is 20.5. The van der Waals surface area contributed by atoms with Gasteiger partial charge < -0.3 is 19.9 Å². The molecule has 0 saturated carbocycles. The lowest BCUT2D eigenvalue weighted by atomic mass is 9.76. The smallest absolute Gasteiger partial charge is 0.307 e. The minimum absolute atomic E-state index is 0.308. The molecule has 130 valence electrons. The first-order valence-electron chi connectivity index (χ1n) is 7.78. The molecule has 1 aromatic carbocycles. The predicted molar refractivity (Wildman–Crippen MR) is 90.4 cm³/mol. The number of aliphatic carboxylic acids is 1. The van der Waals surface area contributed by atoms with Crippen LogP contribution in [0.2, 0.25) is 0 Å². The number of hydrogen-bond acceptors (Lipinski definition) is 4. The van der Waals surface area contributed by atoms with Crippen molar-refractivity contribution < 1.29 is 24.2 Å². The van der Waals surface area contributed by atoms with E-state index < -0.39 is 17.8 Å². The second-order valence-corrected chi connectivity index (χ2v) is 6.08. The maximum absolute atomic E-state index is 12.7. The monoisotopic (exact) mass is 333 g/mol. The summed E-state index contributed by atoms with van der Waals surface area (Å²) in [4.78, 5) is 24.2. The average molecular weight is 333 g/mol. The molecule has 2 unspecified atom stereocenters. The number of nitrogens with one attached hydrogen (secondary N) is 1. The van der Waals surface area contributed by atoms with Gasteiger partial charge in [0.15, 0.2) is 0 Å². The summed E-state index contributed by atoms with van der Waals surface area (Å²) in [5.74, 6) is -1.48.